The van der Waals surface area contributed by atoms with Gasteiger partial charge in [-0.05, 0) is 34.7 Å². The van der Waals surface area contributed by atoms with Crippen molar-refractivity contribution >= 4 is 22.6 Å². The summed E-state index contributed by atoms with van der Waals surface area (Å²) in [6.45, 7) is 5.09. The van der Waals surface area contributed by atoms with Crippen molar-refractivity contribution in [1.29, 1.82) is 0 Å². The average Bonchev–Trinajstić information content (AvgIpc) is 2.78. The van der Waals surface area contributed by atoms with Crippen molar-refractivity contribution in [3.05, 3.63) is 33.7 Å². The summed E-state index contributed by atoms with van der Waals surface area (Å²) in [4.78, 5) is 0. The lowest BCUT2D eigenvalue weighted by atomic mass is 10.2. The highest BCUT2D eigenvalue weighted by Gasteiger charge is 2.10. The van der Waals surface area contributed by atoms with Gasteiger partial charge in [0.1, 0.15) is 0 Å². The molecule has 1 aromatic heterocycles. The first-order valence-electron chi connectivity index (χ1n) is 5.97. The second-order valence-electron chi connectivity index (χ2n) is 4.34. The Balaban J connectivity index is 2.04. The molecule has 0 bridgehead atoms. The fourth-order valence-corrected chi connectivity index (χ4v) is 2.18. The summed E-state index contributed by atoms with van der Waals surface area (Å²) in [6.07, 6.45) is 0.759. The minimum Gasteiger partial charge on any atom is -0.421 e. The van der Waals surface area contributed by atoms with Crippen LogP contribution in [0.25, 0.3) is 11.5 Å². The molecule has 0 amide bonds. The number of hydrogen-bond donors (Lipinski definition) is 1. The quantitative estimate of drug-likeness (QED) is 0.837. The fourth-order valence-electron chi connectivity index (χ4n) is 1.57. The van der Waals surface area contributed by atoms with Crippen LogP contribution >= 0.6 is 22.6 Å². The van der Waals surface area contributed by atoms with E-state index in [4.69, 9.17) is 4.42 Å². The van der Waals surface area contributed by atoms with Gasteiger partial charge in [-0.1, -0.05) is 26.0 Å². The van der Waals surface area contributed by atoms with Crippen molar-refractivity contribution in [3.63, 3.8) is 0 Å². The summed E-state index contributed by atoms with van der Waals surface area (Å²) in [5.41, 5.74) is 0.994. The highest BCUT2D eigenvalue weighted by atomic mass is 127. The number of benzene rings is 1. The molecule has 2 rings (SSSR count). The Morgan fingerprint density at radius 1 is 1.28 bits per heavy atom. The Morgan fingerprint density at radius 3 is 2.78 bits per heavy atom. The van der Waals surface area contributed by atoms with Crippen LogP contribution in [0.1, 0.15) is 19.7 Å². The van der Waals surface area contributed by atoms with Crippen LogP contribution < -0.4 is 5.32 Å². The Kier molecular flexibility index (Phi) is 4.71. The van der Waals surface area contributed by atoms with E-state index in [9.17, 15) is 0 Å². The van der Waals surface area contributed by atoms with Gasteiger partial charge in [-0.2, -0.15) is 0 Å². The molecular formula is C13H16IN3O. The molecule has 0 atom stereocenters. The summed E-state index contributed by atoms with van der Waals surface area (Å²) in [7, 11) is 0. The van der Waals surface area contributed by atoms with E-state index in [1.54, 1.807) is 0 Å². The molecule has 5 heteroatoms. The standard InChI is InChI=1S/C13H16IN3O/c1-9(2)15-8-7-12-16-17-13(18-12)10-5-3-4-6-11(10)14/h3-6,9,15H,7-8H2,1-2H3. The summed E-state index contributed by atoms with van der Waals surface area (Å²) in [5.74, 6) is 1.28. The minimum absolute atomic E-state index is 0.475. The first kappa shape index (κ1) is 13.5. The zero-order valence-electron chi connectivity index (χ0n) is 10.5. The molecule has 0 aliphatic carbocycles. The largest absolute Gasteiger partial charge is 0.421 e. The van der Waals surface area contributed by atoms with Gasteiger partial charge in [0.25, 0.3) is 0 Å². The van der Waals surface area contributed by atoms with E-state index in [1.165, 1.54) is 0 Å². The third-order valence-electron chi connectivity index (χ3n) is 2.46. The van der Waals surface area contributed by atoms with Crippen molar-refractivity contribution < 1.29 is 4.42 Å². The molecule has 0 saturated heterocycles. The van der Waals surface area contributed by atoms with Crippen molar-refractivity contribution in [1.82, 2.24) is 15.5 Å². The third-order valence-corrected chi connectivity index (χ3v) is 3.40. The maximum absolute atomic E-state index is 5.67. The molecule has 1 N–H and O–H groups in total. The molecule has 0 unspecified atom stereocenters. The normalized spacial score (nSPS) is 11.1. The van der Waals surface area contributed by atoms with E-state index in [2.05, 4.69) is 52.0 Å². The molecule has 0 aliphatic heterocycles. The molecule has 0 spiro atoms. The molecule has 0 radical (unpaired) electrons. The van der Waals surface area contributed by atoms with E-state index < -0.39 is 0 Å². The number of aromatic nitrogens is 2. The van der Waals surface area contributed by atoms with Gasteiger partial charge in [0.2, 0.25) is 11.8 Å². The van der Waals surface area contributed by atoms with Crippen molar-refractivity contribution in [2.45, 2.75) is 26.3 Å². The number of nitrogens with zero attached hydrogens (tertiary/aromatic N) is 2. The van der Waals surface area contributed by atoms with Crippen LogP contribution in [0.5, 0.6) is 0 Å². The van der Waals surface area contributed by atoms with Crippen molar-refractivity contribution in [2.24, 2.45) is 0 Å². The lowest BCUT2D eigenvalue weighted by Crippen LogP contribution is -2.25. The second-order valence-corrected chi connectivity index (χ2v) is 5.50. The molecule has 1 aromatic carbocycles. The zero-order valence-corrected chi connectivity index (χ0v) is 12.6. The Hall–Kier alpha value is -0.950. The van der Waals surface area contributed by atoms with E-state index in [0.717, 1.165) is 22.1 Å². The van der Waals surface area contributed by atoms with Gasteiger partial charge in [0.05, 0.1) is 5.56 Å². The van der Waals surface area contributed by atoms with Gasteiger partial charge in [0.15, 0.2) is 0 Å². The predicted octanol–water partition coefficient (Wildman–Crippen LogP) is 2.88. The number of hydrogen-bond acceptors (Lipinski definition) is 4. The van der Waals surface area contributed by atoms with Crippen LogP contribution in [0.15, 0.2) is 28.7 Å². The minimum atomic E-state index is 0.475. The Bertz CT molecular complexity index is 510. The summed E-state index contributed by atoms with van der Waals surface area (Å²) in [5, 5.41) is 11.5. The average molecular weight is 357 g/mol. The van der Waals surface area contributed by atoms with E-state index >= 15 is 0 Å². The first-order chi connectivity index (χ1) is 8.66. The molecule has 0 aliphatic rings. The van der Waals surface area contributed by atoms with Crippen LogP contribution in [-0.2, 0) is 6.42 Å². The molecule has 1 heterocycles. The molecule has 18 heavy (non-hydrogen) atoms. The number of halogens is 1. The maximum Gasteiger partial charge on any atom is 0.248 e. The Morgan fingerprint density at radius 2 is 2.06 bits per heavy atom. The predicted molar refractivity (Wildman–Crippen MR) is 79.3 cm³/mol. The summed E-state index contributed by atoms with van der Waals surface area (Å²) < 4.78 is 6.78. The maximum atomic E-state index is 5.67. The third kappa shape index (κ3) is 3.52. The van der Waals surface area contributed by atoms with Crippen LogP contribution in [0, 0.1) is 3.57 Å². The number of nitrogens with one attached hydrogen (secondary N) is 1. The lowest BCUT2D eigenvalue weighted by Gasteiger charge is -2.04. The lowest BCUT2D eigenvalue weighted by molar-refractivity contribution is 0.484. The molecule has 2 aromatic rings. The van der Waals surface area contributed by atoms with Gasteiger partial charge >= 0.3 is 0 Å². The highest BCUT2D eigenvalue weighted by Crippen LogP contribution is 2.23. The summed E-state index contributed by atoms with van der Waals surface area (Å²) in [6, 6.07) is 8.46. The second kappa shape index (κ2) is 6.29. The smallest absolute Gasteiger partial charge is 0.248 e. The van der Waals surface area contributed by atoms with Crippen molar-refractivity contribution in [3.8, 4) is 11.5 Å². The van der Waals surface area contributed by atoms with E-state index in [1.807, 2.05) is 24.3 Å². The molecule has 0 saturated carbocycles. The Labute approximate surface area is 120 Å². The SMILES string of the molecule is CC(C)NCCc1nnc(-c2ccccc2I)o1. The zero-order chi connectivity index (χ0) is 13.0. The van der Waals surface area contributed by atoms with Gasteiger partial charge < -0.3 is 9.73 Å². The highest BCUT2D eigenvalue weighted by molar-refractivity contribution is 14.1. The van der Waals surface area contributed by atoms with Gasteiger partial charge in [-0.3, -0.25) is 0 Å². The van der Waals surface area contributed by atoms with Crippen LogP contribution in [0.2, 0.25) is 0 Å². The molecule has 96 valence electrons. The monoisotopic (exact) mass is 357 g/mol. The van der Waals surface area contributed by atoms with E-state index in [0.29, 0.717) is 17.8 Å². The topological polar surface area (TPSA) is 51.0 Å². The van der Waals surface area contributed by atoms with Gasteiger partial charge in [0, 0.05) is 22.6 Å². The molecule has 4 nitrogen and oxygen atoms in total. The van der Waals surface area contributed by atoms with Crippen LogP contribution in [0.3, 0.4) is 0 Å². The molecular weight excluding hydrogens is 341 g/mol. The van der Waals surface area contributed by atoms with Gasteiger partial charge in [-0.15, -0.1) is 10.2 Å². The van der Waals surface area contributed by atoms with Gasteiger partial charge in [-0.25, -0.2) is 0 Å². The van der Waals surface area contributed by atoms with Crippen molar-refractivity contribution in [2.75, 3.05) is 6.54 Å². The number of rotatable bonds is 5. The summed E-state index contributed by atoms with van der Waals surface area (Å²) >= 11 is 2.27. The van der Waals surface area contributed by atoms with Crippen LogP contribution in [0.4, 0.5) is 0 Å². The first-order valence-corrected chi connectivity index (χ1v) is 7.05. The fraction of sp³-hybridized carbons (Fsp3) is 0.385. The van der Waals surface area contributed by atoms with E-state index in [-0.39, 0.29) is 0 Å². The van der Waals surface area contributed by atoms with Crippen LogP contribution in [-0.4, -0.2) is 22.8 Å². The molecule has 0 fully saturated rings.